The lowest BCUT2D eigenvalue weighted by Gasteiger charge is -2.17. The molecule has 1 amide bonds. The molecule has 1 atom stereocenters. The molecule has 0 saturated heterocycles. The number of hydrogen-bond donors (Lipinski definition) is 3. The molecule has 5 nitrogen and oxygen atoms in total. The zero-order chi connectivity index (χ0) is 13.8. The van der Waals surface area contributed by atoms with Crippen molar-refractivity contribution in [3.63, 3.8) is 0 Å². The number of carbonyl (C=O) groups is 1. The molecule has 2 rings (SSSR count). The second kappa shape index (κ2) is 5.39. The van der Waals surface area contributed by atoms with Crippen molar-refractivity contribution in [1.82, 2.24) is 4.98 Å². The van der Waals surface area contributed by atoms with E-state index in [1.165, 1.54) is 0 Å². The predicted octanol–water partition coefficient (Wildman–Crippen LogP) is 1.94. The van der Waals surface area contributed by atoms with Gasteiger partial charge in [-0.05, 0) is 30.7 Å². The van der Waals surface area contributed by atoms with E-state index >= 15 is 0 Å². The van der Waals surface area contributed by atoms with Crippen molar-refractivity contribution < 1.29 is 4.79 Å². The van der Waals surface area contributed by atoms with Gasteiger partial charge in [-0.2, -0.15) is 0 Å². The standard InChI is InChI=1S/C14H16N4O/c1-9(10-5-2-3-6-11(10)15)17-13-8-4-7-12(18-13)14(16)19/h2-9H,15H2,1H3,(H2,16,19)(H,17,18). The molecular weight excluding hydrogens is 240 g/mol. The van der Waals surface area contributed by atoms with Crippen LogP contribution in [-0.4, -0.2) is 10.9 Å². The number of hydrogen-bond acceptors (Lipinski definition) is 4. The van der Waals surface area contributed by atoms with Gasteiger partial charge in [-0.15, -0.1) is 0 Å². The second-order valence-corrected chi connectivity index (χ2v) is 4.27. The van der Waals surface area contributed by atoms with Crippen LogP contribution in [0, 0.1) is 0 Å². The SMILES string of the molecule is CC(Nc1cccc(C(N)=O)n1)c1ccccc1N. The van der Waals surface area contributed by atoms with Gasteiger partial charge in [-0.3, -0.25) is 4.79 Å². The second-order valence-electron chi connectivity index (χ2n) is 4.27. The summed E-state index contributed by atoms with van der Waals surface area (Å²) in [7, 11) is 0. The van der Waals surface area contributed by atoms with Crippen LogP contribution in [0.2, 0.25) is 0 Å². The molecular formula is C14H16N4O. The first-order valence-electron chi connectivity index (χ1n) is 5.95. The monoisotopic (exact) mass is 256 g/mol. The first-order valence-corrected chi connectivity index (χ1v) is 5.95. The number of pyridine rings is 1. The van der Waals surface area contributed by atoms with Crippen LogP contribution in [0.3, 0.4) is 0 Å². The van der Waals surface area contributed by atoms with Gasteiger partial charge in [0, 0.05) is 5.69 Å². The topological polar surface area (TPSA) is 94.0 Å². The molecule has 98 valence electrons. The highest BCUT2D eigenvalue weighted by molar-refractivity contribution is 5.91. The fraction of sp³-hybridized carbons (Fsp3) is 0.143. The first-order chi connectivity index (χ1) is 9.08. The molecule has 0 aliphatic carbocycles. The molecule has 0 bridgehead atoms. The molecule has 0 aliphatic rings. The molecule has 0 fully saturated rings. The number of nitrogen functional groups attached to an aromatic ring is 1. The Labute approximate surface area is 111 Å². The van der Waals surface area contributed by atoms with Crippen LogP contribution in [0.5, 0.6) is 0 Å². The third-order valence-electron chi connectivity index (χ3n) is 2.83. The number of carbonyl (C=O) groups excluding carboxylic acids is 1. The van der Waals surface area contributed by atoms with Gasteiger partial charge in [0.25, 0.3) is 5.91 Å². The highest BCUT2D eigenvalue weighted by atomic mass is 16.1. The van der Waals surface area contributed by atoms with E-state index in [4.69, 9.17) is 11.5 Å². The summed E-state index contributed by atoms with van der Waals surface area (Å²) in [5.41, 5.74) is 13.0. The minimum absolute atomic E-state index is 0.0168. The number of nitrogens with zero attached hydrogens (tertiary/aromatic N) is 1. The molecule has 5 heteroatoms. The summed E-state index contributed by atoms with van der Waals surface area (Å²) < 4.78 is 0. The minimum Gasteiger partial charge on any atom is -0.398 e. The molecule has 1 unspecified atom stereocenters. The summed E-state index contributed by atoms with van der Waals surface area (Å²) >= 11 is 0. The van der Waals surface area contributed by atoms with Crippen molar-refractivity contribution in [2.45, 2.75) is 13.0 Å². The van der Waals surface area contributed by atoms with Gasteiger partial charge in [-0.25, -0.2) is 4.98 Å². The van der Waals surface area contributed by atoms with Crippen molar-refractivity contribution in [2.75, 3.05) is 11.1 Å². The van der Waals surface area contributed by atoms with E-state index in [-0.39, 0.29) is 11.7 Å². The number of rotatable bonds is 4. The maximum atomic E-state index is 11.1. The molecule has 0 spiro atoms. The number of amides is 1. The molecule has 0 aliphatic heterocycles. The first kappa shape index (κ1) is 12.9. The Morgan fingerprint density at radius 2 is 1.95 bits per heavy atom. The molecule has 19 heavy (non-hydrogen) atoms. The van der Waals surface area contributed by atoms with Crippen molar-refractivity contribution in [3.8, 4) is 0 Å². The summed E-state index contributed by atoms with van der Waals surface area (Å²) in [5, 5.41) is 3.20. The van der Waals surface area contributed by atoms with E-state index in [1.54, 1.807) is 18.2 Å². The minimum atomic E-state index is -0.546. The van der Waals surface area contributed by atoms with Gasteiger partial charge in [0.15, 0.2) is 0 Å². The van der Waals surface area contributed by atoms with Crippen LogP contribution >= 0.6 is 0 Å². The predicted molar refractivity (Wildman–Crippen MR) is 75.6 cm³/mol. The quantitative estimate of drug-likeness (QED) is 0.728. The summed E-state index contributed by atoms with van der Waals surface area (Å²) in [4.78, 5) is 15.2. The fourth-order valence-corrected chi connectivity index (χ4v) is 1.86. The largest absolute Gasteiger partial charge is 0.398 e. The lowest BCUT2D eigenvalue weighted by atomic mass is 10.1. The molecule has 0 radical (unpaired) electrons. The number of aromatic nitrogens is 1. The van der Waals surface area contributed by atoms with Gasteiger partial charge >= 0.3 is 0 Å². The van der Waals surface area contributed by atoms with Gasteiger partial charge in [0.05, 0.1) is 6.04 Å². The smallest absolute Gasteiger partial charge is 0.267 e. The van der Waals surface area contributed by atoms with Gasteiger partial charge in [-0.1, -0.05) is 24.3 Å². The average Bonchev–Trinajstić information content (AvgIpc) is 2.39. The Hall–Kier alpha value is -2.56. The summed E-state index contributed by atoms with van der Waals surface area (Å²) in [6.45, 7) is 1.98. The molecule has 0 saturated carbocycles. The lowest BCUT2D eigenvalue weighted by Crippen LogP contribution is -2.15. The Morgan fingerprint density at radius 3 is 2.63 bits per heavy atom. The normalized spacial score (nSPS) is 11.8. The van der Waals surface area contributed by atoms with E-state index in [2.05, 4.69) is 10.3 Å². The number of benzene rings is 1. The Morgan fingerprint density at radius 1 is 1.21 bits per heavy atom. The zero-order valence-corrected chi connectivity index (χ0v) is 10.6. The zero-order valence-electron chi connectivity index (χ0n) is 10.6. The summed E-state index contributed by atoms with van der Waals surface area (Å²) in [6.07, 6.45) is 0. The molecule has 5 N–H and O–H groups in total. The van der Waals surface area contributed by atoms with Gasteiger partial charge in [0.1, 0.15) is 11.5 Å². The number of nitrogens with one attached hydrogen (secondary N) is 1. The highest BCUT2D eigenvalue weighted by Gasteiger charge is 2.10. The van der Waals surface area contributed by atoms with Crippen LogP contribution in [-0.2, 0) is 0 Å². The molecule has 1 aromatic heterocycles. The third kappa shape index (κ3) is 3.01. The maximum absolute atomic E-state index is 11.1. The Balaban J connectivity index is 2.19. The number of primary amides is 1. The maximum Gasteiger partial charge on any atom is 0.267 e. The van der Waals surface area contributed by atoms with Gasteiger partial charge < -0.3 is 16.8 Å². The van der Waals surface area contributed by atoms with E-state index in [0.29, 0.717) is 11.5 Å². The molecule has 1 aromatic carbocycles. The number of para-hydroxylation sites is 1. The van der Waals surface area contributed by atoms with Crippen LogP contribution in [0.25, 0.3) is 0 Å². The highest BCUT2D eigenvalue weighted by Crippen LogP contribution is 2.22. The Kier molecular flexibility index (Phi) is 3.66. The number of anilines is 2. The van der Waals surface area contributed by atoms with Crippen LogP contribution in [0.4, 0.5) is 11.5 Å². The Bertz CT molecular complexity index is 598. The van der Waals surface area contributed by atoms with E-state index < -0.39 is 5.91 Å². The van der Waals surface area contributed by atoms with Crippen LogP contribution in [0.15, 0.2) is 42.5 Å². The van der Waals surface area contributed by atoms with E-state index in [1.807, 2.05) is 31.2 Å². The van der Waals surface area contributed by atoms with Crippen molar-refractivity contribution in [2.24, 2.45) is 5.73 Å². The van der Waals surface area contributed by atoms with Crippen molar-refractivity contribution in [3.05, 3.63) is 53.7 Å². The number of nitrogens with two attached hydrogens (primary N) is 2. The molecule has 1 heterocycles. The third-order valence-corrected chi connectivity index (χ3v) is 2.83. The van der Waals surface area contributed by atoms with Crippen molar-refractivity contribution >= 4 is 17.4 Å². The fourth-order valence-electron chi connectivity index (χ4n) is 1.86. The lowest BCUT2D eigenvalue weighted by molar-refractivity contribution is 0.0995. The van der Waals surface area contributed by atoms with Crippen LogP contribution in [0.1, 0.15) is 29.0 Å². The summed E-state index contributed by atoms with van der Waals surface area (Å²) in [6, 6.07) is 12.7. The summed E-state index contributed by atoms with van der Waals surface area (Å²) in [5.74, 6) is 0.0441. The van der Waals surface area contributed by atoms with Crippen LogP contribution < -0.4 is 16.8 Å². The van der Waals surface area contributed by atoms with E-state index in [0.717, 1.165) is 5.56 Å². The van der Waals surface area contributed by atoms with Gasteiger partial charge in [0.2, 0.25) is 0 Å². The molecule has 2 aromatic rings. The average molecular weight is 256 g/mol. The van der Waals surface area contributed by atoms with E-state index in [9.17, 15) is 4.79 Å². The van der Waals surface area contributed by atoms with Crippen molar-refractivity contribution in [1.29, 1.82) is 0 Å².